The highest BCUT2D eigenvalue weighted by atomic mass is 19.4. The van der Waals surface area contributed by atoms with E-state index >= 15 is 0 Å². The van der Waals surface area contributed by atoms with Gasteiger partial charge in [-0.2, -0.15) is 13.2 Å². The zero-order chi connectivity index (χ0) is 18.1. The lowest BCUT2D eigenvalue weighted by Crippen LogP contribution is -2.39. The molecule has 0 saturated carbocycles. The number of halogens is 3. The van der Waals surface area contributed by atoms with E-state index in [4.69, 9.17) is 4.74 Å². The second-order valence-electron chi connectivity index (χ2n) is 6.72. The molecule has 1 aromatic heterocycles. The van der Waals surface area contributed by atoms with E-state index in [1.807, 2.05) is 0 Å². The van der Waals surface area contributed by atoms with Crippen molar-refractivity contribution in [2.45, 2.75) is 50.4 Å². The molecule has 0 radical (unpaired) electrons. The topological polar surface area (TPSA) is 51.5 Å². The van der Waals surface area contributed by atoms with E-state index in [1.165, 1.54) is 6.20 Å². The number of hydrogen-bond acceptors (Lipinski definition) is 3. The summed E-state index contributed by atoms with van der Waals surface area (Å²) in [6, 6.07) is 1.87. The molecular formula is C17H21F3N2O3. The number of rotatable bonds is 2. The van der Waals surface area contributed by atoms with Gasteiger partial charge in [-0.25, -0.2) is 0 Å². The fraction of sp³-hybridized carbons (Fsp3) is 0.647. The summed E-state index contributed by atoms with van der Waals surface area (Å²) in [7, 11) is 0. The molecule has 0 aliphatic carbocycles. The van der Waals surface area contributed by atoms with Gasteiger partial charge in [-0.3, -0.25) is 9.59 Å². The monoisotopic (exact) mass is 358 g/mol. The number of ether oxygens (including phenoxy) is 1. The molecule has 1 atom stereocenters. The molecule has 0 bridgehead atoms. The van der Waals surface area contributed by atoms with Crippen LogP contribution in [0.4, 0.5) is 13.2 Å². The Bertz CT molecular complexity index is 693. The maximum Gasteiger partial charge on any atom is 0.421 e. The third-order valence-corrected chi connectivity index (χ3v) is 5.07. The summed E-state index contributed by atoms with van der Waals surface area (Å²) in [4.78, 5) is 26.1. The minimum Gasteiger partial charge on any atom is -0.375 e. The molecule has 3 heterocycles. The van der Waals surface area contributed by atoms with E-state index in [-0.39, 0.29) is 18.1 Å². The van der Waals surface area contributed by atoms with Crippen molar-refractivity contribution in [1.82, 2.24) is 9.47 Å². The summed E-state index contributed by atoms with van der Waals surface area (Å²) in [5, 5.41) is 0. The van der Waals surface area contributed by atoms with Gasteiger partial charge >= 0.3 is 6.18 Å². The molecule has 1 spiro atoms. The van der Waals surface area contributed by atoms with Crippen molar-refractivity contribution < 1.29 is 22.7 Å². The van der Waals surface area contributed by atoms with Crippen molar-refractivity contribution in [3.8, 4) is 0 Å². The molecule has 2 saturated heterocycles. The Morgan fingerprint density at radius 3 is 2.64 bits per heavy atom. The Morgan fingerprint density at radius 2 is 1.96 bits per heavy atom. The van der Waals surface area contributed by atoms with E-state index in [0.717, 1.165) is 55.4 Å². The second-order valence-corrected chi connectivity index (χ2v) is 6.72. The number of alkyl halides is 3. The first-order valence-electron chi connectivity index (χ1n) is 8.49. The van der Waals surface area contributed by atoms with Crippen LogP contribution in [0, 0.1) is 0 Å². The fourth-order valence-corrected chi connectivity index (χ4v) is 3.69. The van der Waals surface area contributed by atoms with Crippen LogP contribution in [0.1, 0.15) is 37.7 Å². The fourth-order valence-electron chi connectivity index (χ4n) is 3.69. The molecule has 0 aromatic carbocycles. The van der Waals surface area contributed by atoms with E-state index in [0.29, 0.717) is 13.1 Å². The summed E-state index contributed by atoms with van der Waals surface area (Å²) < 4.78 is 45.2. The van der Waals surface area contributed by atoms with Crippen LogP contribution in [-0.4, -0.2) is 40.7 Å². The summed E-state index contributed by atoms with van der Waals surface area (Å²) in [5.74, 6) is -0.337. The number of hydrogen-bond donors (Lipinski definition) is 0. The van der Waals surface area contributed by atoms with Gasteiger partial charge in [0.15, 0.2) is 0 Å². The minimum absolute atomic E-state index is 0.151. The van der Waals surface area contributed by atoms with Crippen molar-refractivity contribution in [2.75, 3.05) is 19.7 Å². The Kier molecular flexibility index (Phi) is 4.90. The van der Waals surface area contributed by atoms with Crippen molar-refractivity contribution in [1.29, 1.82) is 0 Å². The molecule has 0 N–H and O–H groups in total. The third kappa shape index (κ3) is 3.89. The maximum absolute atomic E-state index is 12.8. The quantitative estimate of drug-likeness (QED) is 0.816. The summed E-state index contributed by atoms with van der Waals surface area (Å²) in [6.07, 6.45) is 0.919. The summed E-state index contributed by atoms with van der Waals surface area (Å²) in [5.41, 5.74) is -2.59. The highest BCUT2D eigenvalue weighted by Gasteiger charge is 2.38. The van der Waals surface area contributed by atoms with Crippen LogP contribution in [-0.2, 0) is 22.3 Å². The highest BCUT2D eigenvalue weighted by molar-refractivity contribution is 5.76. The van der Waals surface area contributed by atoms with E-state index < -0.39 is 17.3 Å². The van der Waals surface area contributed by atoms with Crippen LogP contribution >= 0.6 is 0 Å². The first kappa shape index (κ1) is 18.0. The summed E-state index contributed by atoms with van der Waals surface area (Å²) in [6.45, 7) is 1.41. The van der Waals surface area contributed by atoms with Crippen LogP contribution in [0.15, 0.2) is 23.1 Å². The number of pyridine rings is 1. The van der Waals surface area contributed by atoms with Crippen LogP contribution in [0.2, 0.25) is 0 Å². The van der Waals surface area contributed by atoms with Gasteiger partial charge in [0.25, 0.3) is 5.56 Å². The van der Waals surface area contributed by atoms with E-state index in [9.17, 15) is 22.8 Å². The zero-order valence-corrected chi connectivity index (χ0v) is 13.8. The molecule has 5 nitrogen and oxygen atoms in total. The highest BCUT2D eigenvalue weighted by Crippen LogP contribution is 2.35. The molecule has 2 aliphatic rings. The van der Waals surface area contributed by atoms with Gasteiger partial charge in [0, 0.05) is 25.9 Å². The molecule has 1 unspecified atom stereocenters. The number of amides is 1. The van der Waals surface area contributed by atoms with Crippen molar-refractivity contribution >= 4 is 5.91 Å². The predicted molar refractivity (Wildman–Crippen MR) is 84.1 cm³/mol. The van der Waals surface area contributed by atoms with Gasteiger partial charge in [-0.1, -0.05) is 0 Å². The number of carbonyl (C=O) groups is 1. The van der Waals surface area contributed by atoms with Crippen LogP contribution in [0.3, 0.4) is 0 Å². The van der Waals surface area contributed by atoms with Gasteiger partial charge < -0.3 is 14.2 Å². The molecule has 1 amide bonds. The lowest BCUT2D eigenvalue weighted by molar-refractivity contribution is -0.139. The molecule has 2 aliphatic heterocycles. The Morgan fingerprint density at radius 1 is 1.20 bits per heavy atom. The van der Waals surface area contributed by atoms with Gasteiger partial charge in [-0.15, -0.1) is 0 Å². The Balaban J connectivity index is 1.69. The normalized spacial score (nSPS) is 24.5. The molecule has 1 aromatic rings. The van der Waals surface area contributed by atoms with Crippen molar-refractivity contribution in [3.63, 3.8) is 0 Å². The smallest absolute Gasteiger partial charge is 0.375 e. The Hall–Kier alpha value is -1.83. The van der Waals surface area contributed by atoms with Crippen molar-refractivity contribution in [2.24, 2.45) is 0 Å². The minimum atomic E-state index is -4.72. The van der Waals surface area contributed by atoms with Gasteiger partial charge in [0.1, 0.15) is 12.1 Å². The third-order valence-electron chi connectivity index (χ3n) is 5.07. The van der Waals surface area contributed by atoms with E-state index in [2.05, 4.69) is 0 Å². The zero-order valence-electron chi connectivity index (χ0n) is 13.8. The molecular weight excluding hydrogens is 337 g/mol. The van der Waals surface area contributed by atoms with Crippen LogP contribution in [0.5, 0.6) is 0 Å². The maximum atomic E-state index is 12.8. The Labute approximate surface area is 143 Å². The number of aromatic nitrogens is 1. The number of nitrogens with zero attached hydrogens (tertiary/aromatic N) is 2. The number of carbonyl (C=O) groups excluding carboxylic acids is 1. The predicted octanol–water partition coefficient (Wildman–Crippen LogP) is 2.43. The molecule has 2 fully saturated rings. The molecule has 8 heteroatoms. The number of likely N-dealkylation sites (tertiary alicyclic amines) is 1. The van der Waals surface area contributed by atoms with Crippen molar-refractivity contribution in [3.05, 3.63) is 34.2 Å². The summed E-state index contributed by atoms with van der Waals surface area (Å²) >= 11 is 0. The SMILES string of the molecule is O=C(Cn1cccc(C(F)(F)F)c1=O)N1CCCC2(CCCO2)CC1. The van der Waals surface area contributed by atoms with E-state index in [1.54, 1.807) is 4.90 Å². The average molecular weight is 358 g/mol. The first-order valence-corrected chi connectivity index (χ1v) is 8.49. The second kappa shape index (κ2) is 6.82. The lowest BCUT2D eigenvalue weighted by atomic mass is 9.92. The first-order chi connectivity index (χ1) is 11.8. The molecule has 25 heavy (non-hydrogen) atoms. The average Bonchev–Trinajstić information content (AvgIpc) is 2.89. The molecule has 138 valence electrons. The standard InChI is InChI=1S/C17H21F3N2O3/c18-17(19,20)13-4-1-8-22(15(13)24)12-14(23)21-9-2-5-16(7-10-21)6-3-11-25-16/h1,4,8H,2-3,5-7,9-12H2. The largest absolute Gasteiger partial charge is 0.421 e. The van der Waals surface area contributed by atoms with Crippen LogP contribution < -0.4 is 5.56 Å². The van der Waals surface area contributed by atoms with Gasteiger partial charge in [0.05, 0.1) is 5.60 Å². The van der Waals surface area contributed by atoms with Gasteiger partial charge in [-0.05, 0) is 44.2 Å². The van der Waals surface area contributed by atoms with Crippen LogP contribution in [0.25, 0.3) is 0 Å². The van der Waals surface area contributed by atoms with Gasteiger partial charge in [0.2, 0.25) is 5.91 Å². The molecule has 3 rings (SSSR count). The lowest BCUT2D eigenvalue weighted by Gasteiger charge is -2.27.